The molecule has 2 rings (SSSR count). The first kappa shape index (κ1) is 15.0. The van der Waals surface area contributed by atoms with Crippen molar-refractivity contribution in [2.45, 2.75) is 32.7 Å². The number of nitrogens with one attached hydrogen (secondary N) is 1. The lowest BCUT2D eigenvalue weighted by atomic mass is 10.0. The Balaban J connectivity index is 2.25. The highest BCUT2D eigenvalue weighted by atomic mass is 35.5. The summed E-state index contributed by atoms with van der Waals surface area (Å²) in [5.74, 6) is 0. The van der Waals surface area contributed by atoms with Gasteiger partial charge in [0.25, 0.3) is 0 Å². The summed E-state index contributed by atoms with van der Waals surface area (Å²) in [6, 6.07) is 4.32. The van der Waals surface area contributed by atoms with Crippen LogP contribution in [0.5, 0.6) is 0 Å². The molecule has 0 aliphatic heterocycles. The van der Waals surface area contributed by atoms with Gasteiger partial charge in [0.05, 0.1) is 10.7 Å². The van der Waals surface area contributed by atoms with Crippen molar-refractivity contribution >= 4 is 11.6 Å². The SMILES string of the molecule is CCNC(Cc1cc(CC)nn1C)c1ccncc1Cl. The minimum absolute atomic E-state index is 0.176. The number of halogens is 1. The normalized spacial score (nSPS) is 12.6. The van der Waals surface area contributed by atoms with Crippen LogP contribution in [0.4, 0.5) is 0 Å². The van der Waals surface area contributed by atoms with Crippen LogP contribution in [0.25, 0.3) is 0 Å². The Kier molecular flexibility index (Phi) is 5.15. The van der Waals surface area contributed by atoms with Gasteiger partial charge in [-0.1, -0.05) is 25.4 Å². The molecular formula is C15H21ClN4. The molecule has 1 atom stereocenters. The van der Waals surface area contributed by atoms with E-state index in [2.05, 4.69) is 35.3 Å². The first-order valence-corrected chi connectivity index (χ1v) is 7.38. The molecular weight excluding hydrogens is 272 g/mol. The number of likely N-dealkylation sites (N-methyl/N-ethyl adjacent to an activating group) is 1. The first-order chi connectivity index (χ1) is 9.65. The van der Waals surface area contributed by atoms with Crippen molar-refractivity contribution in [1.82, 2.24) is 20.1 Å². The van der Waals surface area contributed by atoms with Crippen molar-refractivity contribution in [2.24, 2.45) is 7.05 Å². The Bertz CT molecular complexity index is 565. The second-order valence-electron chi connectivity index (χ2n) is 4.82. The van der Waals surface area contributed by atoms with Gasteiger partial charge in [0, 0.05) is 37.6 Å². The lowest BCUT2D eigenvalue weighted by molar-refractivity contribution is 0.528. The van der Waals surface area contributed by atoms with Gasteiger partial charge in [-0.3, -0.25) is 9.67 Å². The Morgan fingerprint density at radius 3 is 2.80 bits per heavy atom. The molecule has 1 unspecified atom stereocenters. The Morgan fingerprint density at radius 1 is 1.40 bits per heavy atom. The smallest absolute Gasteiger partial charge is 0.0637 e. The van der Waals surface area contributed by atoms with E-state index in [1.807, 2.05) is 17.8 Å². The third-order valence-electron chi connectivity index (χ3n) is 3.43. The molecule has 0 aromatic carbocycles. The molecule has 0 bridgehead atoms. The summed E-state index contributed by atoms with van der Waals surface area (Å²) in [6.07, 6.45) is 5.30. The van der Waals surface area contributed by atoms with Crippen LogP contribution in [0.15, 0.2) is 24.5 Å². The summed E-state index contributed by atoms with van der Waals surface area (Å²) in [5, 5.41) is 8.70. The molecule has 1 N–H and O–H groups in total. The Morgan fingerprint density at radius 2 is 2.20 bits per heavy atom. The molecule has 20 heavy (non-hydrogen) atoms. The quantitative estimate of drug-likeness (QED) is 0.890. The second-order valence-corrected chi connectivity index (χ2v) is 5.22. The van der Waals surface area contributed by atoms with Crippen molar-refractivity contribution in [3.63, 3.8) is 0 Å². The van der Waals surface area contributed by atoms with Crippen molar-refractivity contribution in [2.75, 3.05) is 6.54 Å². The summed E-state index contributed by atoms with van der Waals surface area (Å²) in [7, 11) is 1.99. The van der Waals surface area contributed by atoms with E-state index in [0.717, 1.165) is 30.6 Å². The summed E-state index contributed by atoms with van der Waals surface area (Å²) < 4.78 is 1.96. The van der Waals surface area contributed by atoms with Gasteiger partial charge in [-0.25, -0.2) is 0 Å². The van der Waals surface area contributed by atoms with Crippen LogP contribution in [0.3, 0.4) is 0 Å². The summed E-state index contributed by atoms with van der Waals surface area (Å²) >= 11 is 6.27. The van der Waals surface area contributed by atoms with E-state index in [4.69, 9.17) is 11.6 Å². The van der Waals surface area contributed by atoms with Gasteiger partial charge in [0.1, 0.15) is 0 Å². The maximum Gasteiger partial charge on any atom is 0.0637 e. The summed E-state index contributed by atoms with van der Waals surface area (Å²) in [6.45, 7) is 5.11. The highest BCUT2D eigenvalue weighted by Gasteiger charge is 2.16. The molecule has 108 valence electrons. The van der Waals surface area contributed by atoms with E-state index >= 15 is 0 Å². The van der Waals surface area contributed by atoms with Crippen LogP contribution in [-0.4, -0.2) is 21.3 Å². The van der Waals surface area contributed by atoms with E-state index in [-0.39, 0.29) is 6.04 Å². The van der Waals surface area contributed by atoms with E-state index in [1.54, 1.807) is 12.4 Å². The maximum atomic E-state index is 6.27. The molecule has 0 spiro atoms. The zero-order valence-electron chi connectivity index (χ0n) is 12.2. The molecule has 0 radical (unpaired) electrons. The van der Waals surface area contributed by atoms with E-state index in [0.29, 0.717) is 5.02 Å². The fraction of sp³-hybridized carbons (Fsp3) is 0.467. The standard InChI is InChI=1S/C15H21ClN4/c1-4-11-8-12(20(3)19-11)9-15(18-5-2)13-6-7-17-10-14(13)16/h6-8,10,15,18H,4-5,9H2,1-3H3. The average Bonchev–Trinajstić information content (AvgIpc) is 2.80. The van der Waals surface area contributed by atoms with E-state index in [9.17, 15) is 0 Å². The monoisotopic (exact) mass is 292 g/mol. The highest BCUT2D eigenvalue weighted by molar-refractivity contribution is 6.31. The van der Waals surface area contributed by atoms with Crippen molar-refractivity contribution in [3.05, 3.63) is 46.5 Å². The zero-order valence-corrected chi connectivity index (χ0v) is 13.0. The molecule has 0 saturated carbocycles. The number of pyridine rings is 1. The van der Waals surface area contributed by atoms with Gasteiger partial charge in [-0.2, -0.15) is 5.10 Å². The van der Waals surface area contributed by atoms with Crippen LogP contribution < -0.4 is 5.32 Å². The minimum Gasteiger partial charge on any atom is -0.310 e. The molecule has 5 heteroatoms. The van der Waals surface area contributed by atoms with Crippen LogP contribution in [0.1, 0.15) is 36.8 Å². The van der Waals surface area contributed by atoms with Crippen molar-refractivity contribution < 1.29 is 0 Å². The molecule has 0 aliphatic rings. The number of nitrogens with zero attached hydrogens (tertiary/aromatic N) is 3. The number of aryl methyl sites for hydroxylation is 2. The van der Waals surface area contributed by atoms with Gasteiger partial charge in [0.15, 0.2) is 0 Å². The molecule has 2 aromatic heterocycles. The topological polar surface area (TPSA) is 42.7 Å². The third kappa shape index (κ3) is 3.38. The summed E-state index contributed by atoms with van der Waals surface area (Å²) in [5.41, 5.74) is 3.42. The molecule has 0 fully saturated rings. The number of aromatic nitrogens is 3. The molecule has 0 amide bonds. The van der Waals surface area contributed by atoms with Gasteiger partial charge in [-0.05, 0) is 30.7 Å². The zero-order chi connectivity index (χ0) is 14.5. The number of hydrogen-bond donors (Lipinski definition) is 1. The Labute approximate surface area is 125 Å². The predicted molar refractivity (Wildman–Crippen MR) is 82.0 cm³/mol. The third-order valence-corrected chi connectivity index (χ3v) is 3.75. The molecule has 4 nitrogen and oxygen atoms in total. The molecule has 2 heterocycles. The number of hydrogen-bond acceptors (Lipinski definition) is 3. The fourth-order valence-corrected chi connectivity index (χ4v) is 2.60. The van der Waals surface area contributed by atoms with Crippen LogP contribution in [-0.2, 0) is 19.9 Å². The minimum atomic E-state index is 0.176. The van der Waals surface area contributed by atoms with E-state index in [1.165, 1.54) is 5.69 Å². The lowest BCUT2D eigenvalue weighted by Crippen LogP contribution is -2.24. The van der Waals surface area contributed by atoms with Gasteiger partial charge < -0.3 is 5.32 Å². The Hall–Kier alpha value is -1.39. The number of rotatable bonds is 6. The van der Waals surface area contributed by atoms with Crippen molar-refractivity contribution in [1.29, 1.82) is 0 Å². The predicted octanol–water partition coefficient (Wildman–Crippen LogP) is 2.92. The van der Waals surface area contributed by atoms with Gasteiger partial charge in [-0.15, -0.1) is 0 Å². The van der Waals surface area contributed by atoms with Crippen LogP contribution >= 0.6 is 11.6 Å². The average molecular weight is 293 g/mol. The lowest BCUT2D eigenvalue weighted by Gasteiger charge is -2.19. The maximum absolute atomic E-state index is 6.27. The molecule has 2 aromatic rings. The van der Waals surface area contributed by atoms with Crippen LogP contribution in [0.2, 0.25) is 5.02 Å². The molecule has 0 aliphatic carbocycles. The largest absolute Gasteiger partial charge is 0.310 e. The highest BCUT2D eigenvalue weighted by Crippen LogP contribution is 2.25. The van der Waals surface area contributed by atoms with Gasteiger partial charge >= 0.3 is 0 Å². The van der Waals surface area contributed by atoms with E-state index < -0.39 is 0 Å². The van der Waals surface area contributed by atoms with Crippen LogP contribution in [0, 0.1) is 0 Å². The first-order valence-electron chi connectivity index (χ1n) is 7.00. The van der Waals surface area contributed by atoms with Crippen molar-refractivity contribution in [3.8, 4) is 0 Å². The van der Waals surface area contributed by atoms with Gasteiger partial charge in [0.2, 0.25) is 0 Å². The molecule has 0 saturated heterocycles. The fourth-order valence-electron chi connectivity index (χ4n) is 2.35. The second kappa shape index (κ2) is 6.86. The summed E-state index contributed by atoms with van der Waals surface area (Å²) in [4.78, 5) is 4.05.